The molecule has 0 bridgehead atoms. The molecule has 4 nitrogen and oxygen atoms in total. The maximum atomic E-state index is 12.0. The van der Waals surface area contributed by atoms with E-state index in [4.69, 9.17) is 4.42 Å². The van der Waals surface area contributed by atoms with Gasteiger partial charge in [-0.15, -0.1) is 0 Å². The lowest BCUT2D eigenvalue weighted by Crippen LogP contribution is -2.15. The minimum atomic E-state index is -0.482. The molecule has 0 saturated heterocycles. The normalized spacial score (nSPS) is 10.6. The van der Waals surface area contributed by atoms with Gasteiger partial charge in [-0.25, -0.2) is 0 Å². The molecule has 2 rings (SSSR count). The summed E-state index contributed by atoms with van der Waals surface area (Å²) in [4.78, 5) is 23.3. The van der Waals surface area contributed by atoms with Crippen molar-refractivity contribution in [3.8, 4) is 5.75 Å². The van der Waals surface area contributed by atoms with E-state index in [1.165, 1.54) is 13.0 Å². The summed E-state index contributed by atoms with van der Waals surface area (Å²) >= 11 is 0. The molecule has 16 heavy (non-hydrogen) atoms. The van der Waals surface area contributed by atoms with Crippen LogP contribution >= 0.6 is 0 Å². The summed E-state index contributed by atoms with van der Waals surface area (Å²) in [5, 5.41) is 9.63. The van der Waals surface area contributed by atoms with E-state index in [1.807, 2.05) is 0 Å². The topological polar surface area (TPSA) is 67.5 Å². The second-order valence-corrected chi connectivity index (χ2v) is 3.57. The molecule has 0 atom stereocenters. The highest BCUT2D eigenvalue weighted by Gasteiger charge is 2.16. The molecule has 1 N–H and O–H groups in total. The van der Waals surface area contributed by atoms with Crippen LogP contribution in [0.1, 0.15) is 23.0 Å². The van der Waals surface area contributed by atoms with E-state index in [1.54, 1.807) is 19.1 Å². The zero-order valence-electron chi connectivity index (χ0n) is 8.90. The summed E-state index contributed by atoms with van der Waals surface area (Å²) in [6.07, 6.45) is 0. The molecule has 2 aromatic rings. The summed E-state index contributed by atoms with van der Waals surface area (Å²) < 4.78 is 5.33. The van der Waals surface area contributed by atoms with E-state index in [0.29, 0.717) is 0 Å². The molecule has 0 amide bonds. The van der Waals surface area contributed by atoms with Gasteiger partial charge >= 0.3 is 0 Å². The third-order valence-electron chi connectivity index (χ3n) is 2.43. The Labute approximate surface area is 91.1 Å². The quantitative estimate of drug-likeness (QED) is 0.743. The number of hydrogen-bond acceptors (Lipinski definition) is 4. The summed E-state index contributed by atoms with van der Waals surface area (Å²) in [5.74, 6) is -0.263. The number of benzene rings is 1. The van der Waals surface area contributed by atoms with Crippen LogP contribution in [0.15, 0.2) is 27.4 Å². The van der Waals surface area contributed by atoms with Crippen LogP contribution in [-0.4, -0.2) is 10.9 Å². The van der Waals surface area contributed by atoms with Gasteiger partial charge in [0.15, 0.2) is 5.78 Å². The molecule has 0 saturated carbocycles. The van der Waals surface area contributed by atoms with E-state index < -0.39 is 5.43 Å². The minimum Gasteiger partial charge on any atom is -0.507 e. The van der Waals surface area contributed by atoms with E-state index in [0.717, 1.165) is 0 Å². The fourth-order valence-corrected chi connectivity index (χ4v) is 1.74. The first-order chi connectivity index (χ1) is 7.52. The first kappa shape index (κ1) is 10.4. The number of aromatic hydroxyl groups is 1. The molecular formula is C12H10O4. The van der Waals surface area contributed by atoms with Crippen molar-refractivity contribution in [2.45, 2.75) is 13.8 Å². The number of Topliss-reactive ketones (excluding diaryl/α,β-unsaturated/α-hetero) is 1. The molecule has 0 aliphatic heterocycles. The Morgan fingerprint density at radius 1 is 1.38 bits per heavy atom. The third-order valence-corrected chi connectivity index (χ3v) is 2.43. The molecule has 4 heteroatoms. The van der Waals surface area contributed by atoms with Crippen molar-refractivity contribution in [1.82, 2.24) is 0 Å². The van der Waals surface area contributed by atoms with E-state index in [9.17, 15) is 14.7 Å². The van der Waals surface area contributed by atoms with Crippen molar-refractivity contribution in [3.63, 3.8) is 0 Å². The first-order valence-corrected chi connectivity index (χ1v) is 4.78. The zero-order chi connectivity index (χ0) is 11.9. The van der Waals surface area contributed by atoms with Gasteiger partial charge < -0.3 is 9.52 Å². The highest BCUT2D eigenvalue weighted by Crippen LogP contribution is 2.23. The van der Waals surface area contributed by atoms with Crippen molar-refractivity contribution in [1.29, 1.82) is 0 Å². The van der Waals surface area contributed by atoms with E-state index in [-0.39, 0.29) is 33.8 Å². The fourth-order valence-electron chi connectivity index (χ4n) is 1.74. The number of rotatable bonds is 1. The number of phenols is 1. The summed E-state index contributed by atoms with van der Waals surface area (Å²) in [6.45, 7) is 2.85. The monoisotopic (exact) mass is 218 g/mol. The van der Waals surface area contributed by atoms with Crippen LogP contribution in [0, 0.1) is 6.92 Å². The Bertz CT molecular complexity index is 637. The smallest absolute Gasteiger partial charge is 0.207 e. The Balaban J connectivity index is 3.03. The van der Waals surface area contributed by atoms with Gasteiger partial charge in [0, 0.05) is 0 Å². The Hall–Kier alpha value is -2.10. The summed E-state index contributed by atoms with van der Waals surface area (Å²) in [7, 11) is 0. The van der Waals surface area contributed by atoms with Gasteiger partial charge in [0.25, 0.3) is 0 Å². The molecule has 0 spiro atoms. The number of aryl methyl sites for hydroxylation is 1. The molecular weight excluding hydrogens is 208 g/mol. The third kappa shape index (κ3) is 1.39. The second-order valence-electron chi connectivity index (χ2n) is 3.57. The lowest BCUT2D eigenvalue weighted by atomic mass is 10.1. The summed E-state index contributed by atoms with van der Waals surface area (Å²) in [6, 6.07) is 4.54. The standard InChI is InChI=1S/C12H10O4/c1-6(13)10-7(2)16-9-5-3-4-8(14)11(9)12(10)15/h3-5,14H,1-2H3. The maximum absolute atomic E-state index is 12.0. The lowest BCUT2D eigenvalue weighted by Gasteiger charge is -2.04. The van der Waals surface area contributed by atoms with Gasteiger partial charge in [-0.3, -0.25) is 9.59 Å². The van der Waals surface area contributed by atoms with Crippen LogP contribution in [0.3, 0.4) is 0 Å². The number of carbonyl (C=O) groups excluding carboxylic acids is 1. The van der Waals surface area contributed by atoms with Gasteiger partial charge in [0.05, 0.1) is 0 Å². The number of hydrogen-bond donors (Lipinski definition) is 1. The SMILES string of the molecule is CC(=O)c1c(C)oc2cccc(O)c2c1=O. The fraction of sp³-hybridized carbons (Fsp3) is 0.167. The molecule has 1 heterocycles. The Morgan fingerprint density at radius 3 is 2.69 bits per heavy atom. The lowest BCUT2D eigenvalue weighted by molar-refractivity contribution is 0.101. The van der Waals surface area contributed by atoms with Crippen LogP contribution in [0.2, 0.25) is 0 Å². The molecule has 1 aromatic carbocycles. The number of carbonyl (C=O) groups is 1. The highest BCUT2D eigenvalue weighted by molar-refractivity contribution is 5.98. The molecule has 0 aliphatic carbocycles. The summed E-state index contributed by atoms with van der Waals surface area (Å²) in [5.41, 5.74) is -0.203. The van der Waals surface area contributed by atoms with E-state index >= 15 is 0 Å². The zero-order valence-corrected chi connectivity index (χ0v) is 8.90. The maximum Gasteiger partial charge on any atom is 0.207 e. The van der Waals surface area contributed by atoms with Gasteiger partial charge in [-0.1, -0.05) is 6.07 Å². The van der Waals surface area contributed by atoms with Gasteiger partial charge in [0.2, 0.25) is 5.43 Å². The Morgan fingerprint density at radius 2 is 2.06 bits per heavy atom. The molecule has 0 radical (unpaired) electrons. The van der Waals surface area contributed by atoms with Crippen LogP contribution in [0.4, 0.5) is 0 Å². The van der Waals surface area contributed by atoms with Crippen LogP contribution < -0.4 is 5.43 Å². The number of ketones is 1. The van der Waals surface area contributed by atoms with Crippen molar-refractivity contribution in [2.75, 3.05) is 0 Å². The van der Waals surface area contributed by atoms with E-state index in [2.05, 4.69) is 0 Å². The van der Waals surface area contributed by atoms with Crippen molar-refractivity contribution >= 4 is 16.8 Å². The predicted octanol–water partition coefficient (Wildman–Crippen LogP) is 2.01. The van der Waals surface area contributed by atoms with Gasteiger partial charge in [-0.05, 0) is 26.0 Å². The first-order valence-electron chi connectivity index (χ1n) is 4.78. The van der Waals surface area contributed by atoms with Crippen molar-refractivity contribution in [3.05, 3.63) is 39.7 Å². The molecule has 82 valence electrons. The molecule has 0 unspecified atom stereocenters. The van der Waals surface area contributed by atoms with Gasteiger partial charge in [0.1, 0.15) is 28.0 Å². The minimum absolute atomic E-state index is 0.00556. The van der Waals surface area contributed by atoms with Gasteiger partial charge in [-0.2, -0.15) is 0 Å². The number of phenolic OH excluding ortho intramolecular Hbond substituents is 1. The predicted molar refractivity (Wildman–Crippen MR) is 58.9 cm³/mol. The van der Waals surface area contributed by atoms with Crippen molar-refractivity contribution < 1.29 is 14.3 Å². The molecule has 0 aliphatic rings. The van der Waals surface area contributed by atoms with Crippen LogP contribution in [-0.2, 0) is 0 Å². The van der Waals surface area contributed by atoms with Crippen LogP contribution in [0.5, 0.6) is 5.75 Å². The molecule has 0 fully saturated rings. The van der Waals surface area contributed by atoms with Crippen molar-refractivity contribution in [2.24, 2.45) is 0 Å². The Kier molecular flexibility index (Phi) is 2.27. The number of fused-ring (bicyclic) bond motifs is 1. The average Bonchev–Trinajstić information content (AvgIpc) is 2.15. The highest BCUT2D eigenvalue weighted by atomic mass is 16.3. The largest absolute Gasteiger partial charge is 0.507 e. The van der Waals surface area contributed by atoms with Crippen LogP contribution in [0.25, 0.3) is 11.0 Å². The average molecular weight is 218 g/mol. The second kappa shape index (κ2) is 3.48. The molecule has 1 aromatic heterocycles.